The summed E-state index contributed by atoms with van der Waals surface area (Å²) in [5.74, 6) is 1.74. The van der Waals surface area contributed by atoms with Crippen molar-refractivity contribution in [1.82, 2.24) is 5.32 Å². The summed E-state index contributed by atoms with van der Waals surface area (Å²) in [4.78, 5) is 0. The van der Waals surface area contributed by atoms with E-state index >= 15 is 0 Å². The minimum atomic E-state index is -2.76. The standard InChI is InChI=1S/C16H29NO3S/c18-21(19)10-8-14(12-21)13(11-17-15-6-7-15)3-1-4-16-5-2-9-20-16/h13-17H,1-12H2. The molecule has 2 aliphatic heterocycles. The van der Waals surface area contributed by atoms with Crippen molar-refractivity contribution in [1.29, 1.82) is 0 Å². The predicted octanol–water partition coefficient (Wildman–Crippen LogP) is 2.14. The van der Waals surface area contributed by atoms with Gasteiger partial charge in [-0.15, -0.1) is 0 Å². The largest absolute Gasteiger partial charge is 0.378 e. The fourth-order valence-electron chi connectivity index (χ4n) is 3.79. The van der Waals surface area contributed by atoms with Gasteiger partial charge in [0.05, 0.1) is 17.6 Å². The smallest absolute Gasteiger partial charge is 0.150 e. The fraction of sp³-hybridized carbons (Fsp3) is 1.00. The quantitative estimate of drug-likeness (QED) is 0.745. The summed E-state index contributed by atoms with van der Waals surface area (Å²) in [6, 6.07) is 0.712. The number of sulfone groups is 1. The van der Waals surface area contributed by atoms with E-state index in [9.17, 15) is 8.42 Å². The maximum atomic E-state index is 11.7. The highest BCUT2D eigenvalue weighted by molar-refractivity contribution is 7.91. The molecule has 3 rings (SSSR count). The van der Waals surface area contributed by atoms with Crippen LogP contribution in [0.1, 0.15) is 51.4 Å². The van der Waals surface area contributed by atoms with E-state index < -0.39 is 9.84 Å². The molecular formula is C16H29NO3S. The molecule has 1 saturated carbocycles. The Kier molecular flexibility index (Phi) is 5.23. The Labute approximate surface area is 128 Å². The van der Waals surface area contributed by atoms with Gasteiger partial charge in [-0.25, -0.2) is 8.42 Å². The van der Waals surface area contributed by atoms with E-state index in [1.54, 1.807) is 0 Å². The molecule has 0 aromatic rings. The van der Waals surface area contributed by atoms with Crippen molar-refractivity contribution in [2.45, 2.75) is 63.5 Å². The van der Waals surface area contributed by atoms with Gasteiger partial charge in [-0.2, -0.15) is 0 Å². The maximum Gasteiger partial charge on any atom is 0.150 e. The molecule has 0 bridgehead atoms. The lowest BCUT2D eigenvalue weighted by atomic mass is 9.87. The Hall–Kier alpha value is -0.130. The maximum absolute atomic E-state index is 11.7. The highest BCUT2D eigenvalue weighted by atomic mass is 32.2. The minimum absolute atomic E-state index is 0.380. The van der Waals surface area contributed by atoms with Crippen molar-refractivity contribution >= 4 is 9.84 Å². The monoisotopic (exact) mass is 315 g/mol. The molecule has 4 nitrogen and oxygen atoms in total. The second kappa shape index (κ2) is 6.97. The number of ether oxygens (including phenoxy) is 1. The Bertz CT molecular complexity index is 427. The van der Waals surface area contributed by atoms with Gasteiger partial charge in [-0.1, -0.05) is 6.42 Å². The van der Waals surface area contributed by atoms with Crippen LogP contribution in [0.3, 0.4) is 0 Å². The average Bonchev–Trinajstić information content (AvgIpc) is 2.99. The van der Waals surface area contributed by atoms with Crippen molar-refractivity contribution in [3.8, 4) is 0 Å². The molecule has 3 unspecified atom stereocenters. The first kappa shape index (κ1) is 15.8. The van der Waals surface area contributed by atoms with E-state index in [0.29, 0.717) is 35.5 Å². The van der Waals surface area contributed by atoms with Gasteiger partial charge in [0.1, 0.15) is 0 Å². The van der Waals surface area contributed by atoms with E-state index in [0.717, 1.165) is 32.4 Å². The molecule has 122 valence electrons. The van der Waals surface area contributed by atoms with E-state index in [1.165, 1.54) is 32.1 Å². The third-order valence-electron chi connectivity index (χ3n) is 5.31. The molecule has 2 heterocycles. The first-order valence-corrected chi connectivity index (χ1v) is 10.5. The Morgan fingerprint density at radius 3 is 2.67 bits per heavy atom. The van der Waals surface area contributed by atoms with E-state index in [1.807, 2.05) is 0 Å². The molecule has 3 aliphatic rings. The lowest BCUT2D eigenvalue weighted by molar-refractivity contribution is 0.0997. The molecule has 0 radical (unpaired) electrons. The normalized spacial score (nSPS) is 33.3. The van der Waals surface area contributed by atoms with Crippen LogP contribution in [0, 0.1) is 11.8 Å². The number of hydrogen-bond donors (Lipinski definition) is 1. The van der Waals surface area contributed by atoms with E-state index in [2.05, 4.69) is 5.32 Å². The molecule has 1 aliphatic carbocycles. The zero-order valence-corrected chi connectivity index (χ0v) is 13.7. The molecule has 2 saturated heterocycles. The Morgan fingerprint density at radius 2 is 2.05 bits per heavy atom. The van der Waals surface area contributed by atoms with Gasteiger partial charge in [0, 0.05) is 12.6 Å². The molecule has 0 aromatic heterocycles. The second-order valence-corrected chi connectivity index (χ2v) is 9.40. The lowest BCUT2D eigenvalue weighted by Gasteiger charge is -2.23. The van der Waals surface area contributed by atoms with Gasteiger partial charge in [-0.05, 0) is 63.3 Å². The van der Waals surface area contributed by atoms with Crippen LogP contribution in [-0.2, 0) is 14.6 Å². The summed E-state index contributed by atoms with van der Waals surface area (Å²) >= 11 is 0. The van der Waals surface area contributed by atoms with Gasteiger partial charge in [0.15, 0.2) is 9.84 Å². The van der Waals surface area contributed by atoms with Crippen molar-refractivity contribution in [2.24, 2.45) is 11.8 Å². The summed E-state index contributed by atoms with van der Waals surface area (Å²) in [5, 5.41) is 3.61. The van der Waals surface area contributed by atoms with Gasteiger partial charge in [0.2, 0.25) is 0 Å². The van der Waals surface area contributed by atoms with E-state index in [-0.39, 0.29) is 0 Å². The molecule has 0 aromatic carbocycles. The van der Waals surface area contributed by atoms with Crippen LogP contribution < -0.4 is 5.32 Å². The fourth-order valence-corrected chi connectivity index (χ4v) is 5.70. The van der Waals surface area contributed by atoms with Crippen LogP contribution in [0.5, 0.6) is 0 Å². The van der Waals surface area contributed by atoms with Gasteiger partial charge in [0.25, 0.3) is 0 Å². The first-order valence-electron chi connectivity index (χ1n) is 8.68. The van der Waals surface area contributed by atoms with Crippen LogP contribution >= 0.6 is 0 Å². The van der Waals surface area contributed by atoms with Gasteiger partial charge in [-0.3, -0.25) is 0 Å². The summed E-state index contributed by atoms with van der Waals surface area (Å²) in [5.41, 5.74) is 0. The van der Waals surface area contributed by atoms with Gasteiger partial charge >= 0.3 is 0 Å². The number of rotatable bonds is 8. The SMILES string of the molecule is O=S1(=O)CCC(C(CCCC2CCCO2)CNC2CC2)C1. The molecule has 3 fully saturated rings. The zero-order valence-electron chi connectivity index (χ0n) is 12.9. The summed E-state index contributed by atoms with van der Waals surface area (Å²) in [7, 11) is -2.76. The van der Waals surface area contributed by atoms with Crippen molar-refractivity contribution in [3.63, 3.8) is 0 Å². The highest BCUT2D eigenvalue weighted by Gasteiger charge is 2.34. The predicted molar refractivity (Wildman–Crippen MR) is 84.1 cm³/mol. The Balaban J connectivity index is 1.46. The molecule has 0 amide bonds. The summed E-state index contributed by atoms with van der Waals surface area (Å²) < 4.78 is 29.2. The summed E-state index contributed by atoms with van der Waals surface area (Å²) in [6.45, 7) is 1.94. The zero-order chi connectivity index (χ0) is 14.7. The molecule has 3 atom stereocenters. The van der Waals surface area contributed by atoms with Crippen LogP contribution in [0.25, 0.3) is 0 Å². The van der Waals surface area contributed by atoms with Crippen LogP contribution in [0.2, 0.25) is 0 Å². The van der Waals surface area contributed by atoms with Crippen molar-refractivity contribution < 1.29 is 13.2 Å². The first-order chi connectivity index (χ1) is 10.1. The third-order valence-corrected chi connectivity index (χ3v) is 7.10. The van der Waals surface area contributed by atoms with E-state index in [4.69, 9.17) is 4.74 Å². The van der Waals surface area contributed by atoms with Crippen LogP contribution in [0.15, 0.2) is 0 Å². The molecular weight excluding hydrogens is 286 g/mol. The molecule has 0 spiro atoms. The van der Waals surface area contributed by atoms with Crippen LogP contribution in [0.4, 0.5) is 0 Å². The second-order valence-electron chi connectivity index (χ2n) is 7.17. The Morgan fingerprint density at radius 1 is 1.19 bits per heavy atom. The minimum Gasteiger partial charge on any atom is -0.378 e. The van der Waals surface area contributed by atoms with Crippen molar-refractivity contribution in [2.75, 3.05) is 24.7 Å². The highest BCUT2D eigenvalue weighted by Crippen LogP contribution is 2.31. The molecule has 5 heteroatoms. The molecule has 1 N–H and O–H groups in total. The number of nitrogens with one attached hydrogen (secondary N) is 1. The van der Waals surface area contributed by atoms with Gasteiger partial charge < -0.3 is 10.1 Å². The van der Waals surface area contributed by atoms with Crippen molar-refractivity contribution in [3.05, 3.63) is 0 Å². The van der Waals surface area contributed by atoms with Crippen LogP contribution in [-0.4, -0.2) is 45.2 Å². The number of hydrogen-bond acceptors (Lipinski definition) is 4. The average molecular weight is 315 g/mol. The molecule has 21 heavy (non-hydrogen) atoms. The summed E-state index contributed by atoms with van der Waals surface area (Å²) in [6.07, 6.45) is 9.84. The third kappa shape index (κ3) is 4.93. The lowest BCUT2D eigenvalue weighted by Crippen LogP contribution is -2.30. The topological polar surface area (TPSA) is 55.4 Å².